The molecule has 1 aromatic heterocycles. The Hall–Kier alpha value is -1.60. The molecule has 18 heavy (non-hydrogen) atoms. The number of aromatic nitrogens is 3. The fourth-order valence-corrected chi connectivity index (χ4v) is 1.35. The molecular formula is C10H15F3N4O. The molecule has 0 saturated heterocycles. The SMILES string of the molecule is CCc1nc(CC)n(CC(=O)NCC(F)(F)F)n1. The zero-order chi connectivity index (χ0) is 13.8. The number of carbonyl (C=O) groups is 1. The number of amides is 1. The van der Waals surface area contributed by atoms with E-state index in [1.165, 1.54) is 4.68 Å². The van der Waals surface area contributed by atoms with E-state index in [9.17, 15) is 18.0 Å². The van der Waals surface area contributed by atoms with Gasteiger partial charge in [0.1, 0.15) is 18.9 Å². The average molecular weight is 264 g/mol. The van der Waals surface area contributed by atoms with Gasteiger partial charge in [-0.1, -0.05) is 13.8 Å². The van der Waals surface area contributed by atoms with Gasteiger partial charge in [-0.25, -0.2) is 9.67 Å². The molecule has 102 valence electrons. The standard InChI is InChI=1S/C10H15F3N4O/c1-3-7-15-8(4-2)17(16-7)5-9(18)14-6-10(11,12)13/h3-6H2,1-2H3,(H,14,18). The van der Waals surface area contributed by atoms with Crippen molar-refractivity contribution in [3.63, 3.8) is 0 Å². The van der Waals surface area contributed by atoms with Gasteiger partial charge in [0.25, 0.3) is 0 Å². The second-order valence-corrected chi connectivity index (χ2v) is 3.70. The van der Waals surface area contributed by atoms with Crippen molar-refractivity contribution in [1.29, 1.82) is 0 Å². The number of halogens is 3. The number of nitrogens with one attached hydrogen (secondary N) is 1. The lowest BCUT2D eigenvalue weighted by molar-refractivity contribution is -0.138. The first-order valence-electron chi connectivity index (χ1n) is 5.61. The third kappa shape index (κ3) is 4.34. The summed E-state index contributed by atoms with van der Waals surface area (Å²) in [4.78, 5) is 15.5. The topological polar surface area (TPSA) is 59.8 Å². The maximum absolute atomic E-state index is 11.9. The lowest BCUT2D eigenvalue weighted by Gasteiger charge is -2.08. The van der Waals surface area contributed by atoms with Gasteiger partial charge in [0.2, 0.25) is 5.91 Å². The Morgan fingerprint density at radius 1 is 1.33 bits per heavy atom. The molecule has 0 fully saturated rings. The molecule has 1 aromatic rings. The predicted molar refractivity (Wildman–Crippen MR) is 57.8 cm³/mol. The summed E-state index contributed by atoms with van der Waals surface area (Å²) in [5, 5.41) is 5.84. The van der Waals surface area contributed by atoms with E-state index in [4.69, 9.17) is 0 Å². The number of hydrogen-bond donors (Lipinski definition) is 1. The normalized spacial score (nSPS) is 11.6. The molecule has 1 N–H and O–H groups in total. The summed E-state index contributed by atoms with van der Waals surface area (Å²) >= 11 is 0. The van der Waals surface area contributed by atoms with Crippen LogP contribution in [-0.4, -0.2) is 33.4 Å². The molecule has 0 aliphatic heterocycles. The van der Waals surface area contributed by atoms with E-state index in [0.29, 0.717) is 24.5 Å². The van der Waals surface area contributed by atoms with Gasteiger partial charge in [-0.2, -0.15) is 18.3 Å². The van der Waals surface area contributed by atoms with Crippen LogP contribution in [0.4, 0.5) is 13.2 Å². The highest BCUT2D eigenvalue weighted by Gasteiger charge is 2.27. The summed E-state index contributed by atoms with van der Waals surface area (Å²) < 4.78 is 37.1. The Labute approximate surface area is 102 Å². The maximum Gasteiger partial charge on any atom is 0.405 e. The van der Waals surface area contributed by atoms with Crippen molar-refractivity contribution in [2.45, 2.75) is 39.4 Å². The lowest BCUT2D eigenvalue weighted by Crippen LogP contribution is -2.36. The van der Waals surface area contributed by atoms with Crippen LogP contribution >= 0.6 is 0 Å². The smallest absolute Gasteiger partial charge is 0.345 e. The molecule has 1 rings (SSSR count). The molecule has 8 heteroatoms. The summed E-state index contributed by atoms with van der Waals surface area (Å²) in [5.74, 6) is 0.444. The van der Waals surface area contributed by atoms with E-state index in [1.807, 2.05) is 13.8 Å². The molecule has 1 heterocycles. The first-order chi connectivity index (χ1) is 8.35. The summed E-state index contributed by atoms with van der Waals surface area (Å²) in [5.41, 5.74) is 0. The Kier molecular flexibility index (Phi) is 4.69. The number of carbonyl (C=O) groups excluding carboxylic acids is 1. The van der Waals surface area contributed by atoms with Gasteiger partial charge in [0.05, 0.1) is 0 Å². The van der Waals surface area contributed by atoms with E-state index >= 15 is 0 Å². The first-order valence-corrected chi connectivity index (χ1v) is 5.61. The third-order valence-corrected chi connectivity index (χ3v) is 2.20. The Morgan fingerprint density at radius 2 is 2.00 bits per heavy atom. The minimum atomic E-state index is -4.40. The Bertz CT molecular complexity index is 414. The van der Waals surface area contributed by atoms with Crippen molar-refractivity contribution in [1.82, 2.24) is 20.1 Å². The highest BCUT2D eigenvalue weighted by atomic mass is 19.4. The van der Waals surface area contributed by atoms with Crippen molar-refractivity contribution in [2.75, 3.05) is 6.54 Å². The number of hydrogen-bond acceptors (Lipinski definition) is 3. The summed E-state index contributed by atoms with van der Waals surface area (Å²) in [6, 6.07) is 0. The highest BCUT2D eigenvalue weighted by Crippen LogP contribution is 2.12. The number of alkyl halides is 3. The molecule has 5 nitrogen and oxygen atoms in total. The quantitative estimate of drug-likeness (QED) is 0.865. The van der Waals surface area contributed by atoms with Crippen LogP contribution in [0, 0.1) is 0 Å². The van der Waals surface area contributed by atoms with Crippen LogP contribution in [0.3, 0.4) is 0 Å². The Morgan fingerprint density at radius 3 is 2.50 bits per heavy atom. The van der Waals surface area contributed by atoms with Crippen molar-refractivity contribution in [3.05, 3.63) is 11.6 Å². The van der Waals surface area contributed by atoms with E-state index in [0.717, 1.165) is 0 Å². The zero-order valence-electron chi connectivity index (χ0n) is 10.2. The first kappa shape index (κ1) is 14.5. The van der Waals surface area contributed by atoms with Crippen LogP contribution < -0.4 is 5.32 Å². The van der Waals surface area contributed by atoms with Gasteiger partial charge in [-0.3, -0.25) is 4.79 Å². The molecule has 0 aromatic carbocycles. The molecule has 0 unspecified atom stereocenters. The average Bonchev–Trinajstić information content (AvgIpc) is 2.68. The number of nitrogens with zero attached hydrogens (tertiary/aromatic N) is 3. The molecule has 0 saturated carbocycles. The van der Waals surface area contributed by atoms with Crippen LogP contribution in [0.5, 0.6) is 0 Å². The molecule has 0 bridgehead atoms. The molecule has 1 amide bonds. The molecule has 0 aliphatic rings. The lowest BCUT2D eigenvalue weighted by atomic mass is 10.4. The minimum Gasteiger partial charge on any atom is -0.345 e. The second kappa shape index (κ2) is 5.83. The number of aryl methyl sites for hydroxylation is 2. The summed E-state index contributed by atoms with van der Waals surface area (Å²) in [7, 11) is 0. The van der Waals surface area contributed by atoms with Gasteiger partial charge in [-0.05, 0) is 0 Å². The molecule has 0 atom stereocenters. The van der Waals surface area contributed by atoms with Crippen molar-refractivity contribution in [2.24, 2.45) is 0 Å². The molecule has 0 radical (unpaired) electrons. The monoisotopic (exact) mass is 264 g/mol. The van der Waals surface area contributed by atoms with Crippen LogP contribution in [0.25, 0.3) is 0 Å². The zero-order valence-corrected chi connectivity index (χ0v) is 10.2. The van der Waals surface area contributed by atoms with Crippen molar-refractivity contribution >= 4 is 5.91 Å². The summed E-state index contributed by atoms with van der Waals surface area (Å²) in [6.45, 7) is 2.13. The van der Waals surface area contributed by atoms with Crippen LogP contribution in [0.15, 0.2) is 0 Å². The van der Waals surface area contributed by atoms with Gasteiger partial charge in [0, 0.05) is 12.8 Å². The van der Waals surface area contributed by atoms with E-state index in [1.54, 1.807) is 5.32 Å². The fourth-order valence-electron chi connectivity index (χ4n) is 1.35. The molecule has 0 aliphatic carbocycles. The van der Waals surface area contributed by atoms with Crippen LogP contribution in [-0.2, 0) is 24.2 Å². The van der Waals surface area contributed by atoms with Gasteiger partial charge < -0.3 is 5.32 Å². The van der Waals surface area contributed by atoms with Gasteiger partial charge in [0.15, 0.2) is 5.82 Å². The van der Waals surface area contributed by atoms with Crippen LogP contribution in [0.1, 0.15) is 25.5 Å². The van der Waals surface area contributed by atoms with E-state index in [2.05, 4.69) is 10.1 Å². The third-order valence-electron chi connectivity index (χ3n) is 2.20. The van der Waals surface area contributed by atoms with E-state index in [-0.39, 0.29) is 6.54 Å². The maximum atomic E-state index is 11.9. The Balaban J connectivity index is 2.61. The van der Waals surface area contributed by atoms with E-state index < -0.39 is 18.6 Å². The summed E-state index contributed by atoms with van der Waals surface area (Å²) in [6.07, 6.45) is -3.22. The van der Waals surface area contributed by atoms with Crippen LogP contribution in [0.2, 0.25) is 0 Å². The van der Waals surface area contributed by atoms with Crippen molar-refractivity contribution < 1.29 is 18.0 Å². The molecule has 0 spiro atoms. The second-order valence-electron chi connectivity index (χ2n) is 3.70. The van der Waals surface area contributed by atoms with Gasteiger partial charge in [-0.15, -0.1) is 0 Å². The fraction of sp³-hybridized carbons (Fsp3) is 0.700. The van der Waals surface area contributed by atoms with Crippen molar-refractivity contribution in [3.8, 4) is 0 Å². The molecular weight excluding hydrogens is 249 g/mol. The predicted octanol–water partition coefficient (Wildman–Crippen LogP) is 1.08. The largest absolute Gasteiger partial charge is 0.405 e. The highest BCUT2D eigenvalue weighted by molar-refractivity contribution is 5.75. The number of rotatable bonds is 5. The minimum absolute atomic E-state index is 0.244. The van der Waals surface area contributed by atoms with Gasteiger partial charge >= 0.3 is 6.18 Å².